The van der Waals surface area contributed by atoms with E-state index in [-0.39, 0.29) is 5.82 Å². The van der Waals surface area contributed by atoms with Crippen LogP contribution < -0.4 is 0 Å². The molecule has 0 aliphatic heterocycles. The highest BCUT2D eigenvalue weighted by Crippen LogP contribution is 2.24. The number of pyridine rings is 1. The second-order valence-electron chi connectivity index (χ2n) is 3.54. The van der Waals surface area contributed by atoms with E-state index in [1.54, 1.807) is 25.3 Å². The van der Waals surface area contributed by atoms with Gasteiger partial charge in [0.15, 0.2) is 6.29 Å². The van der Waals surface area contributed by atoms with Gasteiger partial charge in [0.2, 0.25) is 0 Å². The lowest BCUT2D eigenvalue weighted by molar-refractivity contribution is 0.112. The minimum absolute atomic E-state index is 0.256. The first-order chi connectivity index (χ1) is 7.72. The number of hydrogen-bond donors (Lipinski definition) is 0. The van der Waals surface area contributed by atoms with Crippen molar-refractivity contribution in [3.05, 3.63) is 53.6 Å². The number of nitrogens with zero attached hydrogens (tertiary/aromatic N) is 1. The molecule has 0 spiro atoms. The third-order valence-corrected chi connectivity index (χ3v) is 2.47. The lowest BCUT2D eigenvalue weighted by Crippen LogP contribution is -1.90. The molecule has 2 rings (SSSR count). The van der Waals surface area contributed by atoms with Crippen LogP contribution in [0.4, 0.5) is 4.39 Å². The maximum absolute atomic E-state index is 13.4. The summed E-state index contributed by atoms with van der Waals surface area (Å²) < 4.78 is 13.4. The molecule has 0 aliphatic carbocycles. The Bertz CT molecular complexity index is 537. The summed E-state index contributed by atoms with van der Waals surface area (Å²) in [5.74, 6) is -0.256. The van der Waals surface area contributed by atoms with Crippen molar-refractivity contribution in [2.24, 2.45) is 0 Å². The monoisotopic (exact) mass is 215 g/mol. The summed E-state index contributed by atoms with van der Waals surface area (Å²) in [6.07, 6.45) is 3.82. The summed E-state index contributed by atoms with van der Waals surface area (Å²) in [4.78, 5) is 14.6. The number of carbonyl (C=O) groups excluding carboxylic acids is 1. The van der Waals surface area contributed by atoms with Gasteiger partial charge in [0.05, 0.1) is 0 Å². The number of hydrogen-bond acceptors (Lipinski definition) is 2. The predicted molar refractivity (Wildman–Crippen MR) is 59.8 cm³/mol. The highest BCUT2D eigenvalue weighted by atomic mass is 19.1. The number of halogens is 1. The van der Waals surface area contributed by atoms with Gasteiger partial charge in [-0.15, -0.1) is 0 Å². The van der Waals surface area contributed by atoms with Gasteiger partial charge < -0.3 is 0 Å². The normalized spacial score (nSPS) is 10.1. The first-order valence-electron chi connectivity index (χ1n) is 4.88. The van der Waals surface area contributed by atoms with Crippen molar-refractivity contribution in [3.63, 3.8) is 0 Å². The molecule has 0 radical (unpaired) electrons. The molecule has 0 fully saturated rings. The summed E-state index contributed by atoms with van der Waals surface area (Å²) in [5.41, 5.74) is 2.56. The van der Waals surface area contributed by atoms with Gasteiger partial charge in [-0.1, -0.05) is 12.1 Å². The zero-order valence-corrected chi connectivity index (χ0v) is 8.77. The predicted octanol–water partition coefficient (Wildman–Crippen LogP) is 3.01. The Kier molecular flexibility index (Phi) is 2.77. The summed E-state index contributed by atoms with van der Waals surface area (Å²) in [6, 6.07) is 6.56. The number of rotatable bonds is 2. The van der Waals surface area contributed by atoms with Gasteiger partial charge in [0, 0.05) is 23.5 Å². The van der Waals surface area contributed by atoms with E-state index in [1.165, 1.54) is 12.3 Å². The summed E-state index contributed by atoms with van der Waals surface area (Å²) >= 11 is 0. The van der Waals surface area contributed by atoms with Crippen molar-refractivity contribution >= 4 is 6.29 Å². The van der Waals surface area contributed by atoms with Crippen LogP contribution >= 0.6 is 0 Å². The summed E-state index contributed by atoms with van der Waals surface area (Å²) in [7, 11) is 0. The third-order valence-electron chi connectivity index (χ3n) is 2.47. The molecule has 0 N–H and O–H groups in total. The summed E-state index contributed by atoms with van der Waals surface area (Å²) in [5, 5.41) is 0. The van der Waals surface area contributed by atoms with Gasteiger partial charge in [-0.25, -0.2) is 4.39 Å². The highest BCUT2D eigenvalue weighted by Gasteiger charge is 2.06. The fourth-order valence-corrected chi connectivity index (χ4v) is 1.59. The Morgan fingerprint density at radius 3 is 2.88 bits per heavy atom. The smallest absolute Gasteiger partial charge is 0.151 e. The van der Waals surface area contributed by atoms with Crippen molar-refractivity contribution in [2.75, 3.05) is 0 Å². The highest BCUT2D eigenvalue weighted by molar-refractivity contribution is 5.78. The fourth-order valence-electron chi connectivity index (χ4n) is 1.59. The van der Waals surface area contributed by atoms with Crippen molar-refractivity contribution in [3.8, 4) is 11.1 Å². The second-order valence-corrected chi connectivity index (χ2v) is 3.54. The molecule has 0 aliphatic rings. The Labute approximate surface area is 92.8 Å². The van der Waals surface area contributed by atoms with Gasteiger partial charge in [-0.3, -0.25) is 9.78 Å². The van der Waals surface area contributed by atoms with E-state index in [0.29, 0.717) is 11.1 Å². The van der Waals surface area contributed by atoms with E-state index in [1.807, 2.05) is 6.07 Å². The van der Waals surface area contributed by atoms with Crippen LogP contribution in [0.15, 0.2) is 36.7 Å². The quantitative estimate of drug-likeness (QED) is 0.721. The zero-order chi connectivity index (χ0) is 11.5. The molecule has 1 aromatic heterocycles. The molecule has 0 bridgehead atoms. The maximum Gasteiger partial charge on any atom is 0.151 e. The molecule has 2 aromatic rings. The van der Waals surface area contributed by atoms with Crippen molar-refractivity contribution in [1.29, 1.82) is 0 Å². The molecule has 1 heterocycles. The molecular weight excluding hydrogens is 205 g/mol. The van der Waals surface area contributed by atoms with E-state index in [2.05, 4.69) is 4.98 Å². The molecule has 0 amide bonds. The molecule has 16 heavy (non-hydrogen) atoms. The van der Waals surface area contributed by atoms with Crippen LogP contribution in [0.2, 0.25) is 0 Å². The van der Waals surface area contributed by atoms with Crippen LogP contribution in [0, 0.1) is 12.7 Å². The lowest BCUT2D eigenvalue weighted by Gasteiger charge is -2.06. The average Bonchev–Trinajstić information content (AvgIpc) is 2.33. The molecule has 3 heteroatoms. The maximum atomic E-state index is 13.4. The third kappa shape index (κ3) is 1.84. The molecular formula is C13H10FNO. The minimum atomic E-state index is -0.256. The van der Waals surface area contributed by atoms with Crippen LogP contribution in [-0.4, -0.2) is 11.3 Å². The number of aldehydes is 1. The van der Waals surface area contributed by atoms with E-state index in [0.717, 1.165) is 17.4 Å². The topological polar surface area (TPSA) is 30.0 Å². The Hall–Kier alpha value is -2.03. The molecule has 2 nitrogen and oxygen atoms in total. The molecule has 0 unspecified atom stereocenters. The standard InChI is InChI=1S/C13H10FNO/c1-9-12(3-2-4-13(9)14)11-5-10(8-16)6-15-7-11/h2-8H,1H3. The first-order valence-corrected chi connectivity index (χ1v) is 4.88. The van der Waals surface area contributed by atoms with Crippen molar-refractivity contribution in [1.82, 2.24) is 4.98 Å². The van der Waals surface area contributed by atoms with Gasteiger partial charge in [-0.2, -0.15) is 0 Å². The molecule has 0 saturated carbocycles. The second kappa shape index (κ2) is 4.23. The largest absolute Gasteiger partial charge is 0.298 e. The van der Waals surface area contributed by atoms with Crippen molar-refractivity contribution < 1.29 is 9.18 Å². The van der Waals surface area contributed by atoms with Gasteiger partial charge in [0.1, 0.15) is 5.82 Å². The van der Waals surface area contributed by atoms with E-state index in [9.17, 15) is 9.18 Å². The number of carbonyl (C=O) groups is 1. The lowest BCUT2D eigenvalue weighted by atomic mass is 10.0. The minimum Gasteiger partial charge on any atom is -0.298 e. The fraction of sp³-hybridized carbons (Fsp3) is 0.0769. The van der Waals surface area contributed by atoms with Crippen LogP contribution in [0.25, 0.3) is 11.1 Å². The van der Waals surface area contributed by atoms with Gasteiger partial charge in [0.25, 0.3) is 0 Å². The molecule has 0 saturated heterocycles. The Morgan fingerprint density at radius 1 is 1.31 bits per heavy atom. The molecule has 1 aromatic carbocycles. The number of aromatic nitrogens is 1. The number of benzene rings is 1. The Morgan fingerprint density at radius 2 is 2.12 bits per heavy atom. The van der Waals surface area contributed by atoms with Crippen molar-refractivity contribution in [2.45, 2.75) is 6.92 Å². The Balaban J connectivity index is 2.58. The van der Waals surface area contributed by atoms with Crippen LogP contribution in [0.1, 0.15) is 15.9 Å². The van der Waals surface area contributed by atoms with E-state index >= 15 is 0 Å². The van der Waals surface area contributed by atoms with Gasteiger partial charge >= 0.3 is 0 Å². The molecule has 80 valence electrons. The SMILES string of the molecule is Cc1c(F)cccc1-c1cncc(C=O)c1. The van der Waals surface area contributed by atoms with Crippen LogP contribution in [0.3, 0.4) is 0 Å². The summed E-state index contributed by atoms with van der Waals surface area (Å²) in [6.45, 7) is 1.71. The van der Waals surface area contributed by atoms with Crippen LogP contribution in [0.5, 0.6) is 0 Å². The van der Waals surface area contributed by atoms with E-state index < -0.39 is 0 Å². The zero-order valence-electron chi connectivity index (χ0n) is 8.77. The average molecular weight is 215 g/mol. The first kappa shape index (κ1) is 10.5. The van der Waals surface area contributed by atoms with Gasteiger partial charge in [-0.05, 0) is 30.2 Å². The molecule has 0 atom stereocenters. The van der Waals surface area contributed by atoms with Crippen LogP contribution in [-0.2, 0) is 0 Å². The van der Waals surface area contributed by atoms with E-state index in [4.69, 9.17) is 0 Å².